The van der Waals surface area contributed by atoms with Gasteiger partial charge in [-0.3, -0.25) is 0 Å². The molecule has 0 radical (unpaired) electrons. The highest BCUT2D eigenvalue weighted by molar-refractivity contribution is 7.17. The zero-order chi connectivity index (χ0) is 10.1. The molecule has 1 aromatic carbocycles. The van der Waals surface area contributed by atoms with E-state index >= 15 is 0 Å². The molecule has 0 saturated heterocycles. The Morgan fingerprint density at radius 2 is 2.29 bits per heavy atom. The third-order valence-electron chi connectivity index (χ3n) is 1.97. The van der Waals surface area contributed by atoms with E-state index in [1.165, 1.54) is 17.4 Å². The van der Waals surface area contributed by atoms with Crippen molar-refractivity contribution in [3.63, 3.8) is 0 Å². The largest absolute Gasteiger partial charge is 0.205 e. The molecule has 0 atom stereocenters. The first-order valence-corrected chi connectivity index (χ1v) is 5.20. The van der Waals surface area contributed by atoms with Crippen LogP contribution < -0.4 is 0 Å². The third-order valence-corrected chi connectivity index (χ3v) is 3.25. The summed E-state index contributed by atoms with van der Waals surface area (Å²) in [4.78, 5) is 0. The van der Waals surface area contributed by atoms with Crippen molar-refractivity contribution in [2.75, 3.05) is 0 Å². The van der Waals surface area contributed by atoms with Crippen molar-refractivity contribution >= 4 is 33.0 Å². The number of nitriles is 1. The van der Waals surface area contributed by atoms with Crippen LogP contribution in [0.1, 0.15) is 5.56 Å². The third kappa shape index (κ3) is 1.47. The second-order valence-electron chi connectivity index (χ2n) is 2.86. The summed E-state index contributed by atoms with van der Waals surface area (Å²) in [6.07, 6.45) is 0.307. The van der Waals surface area contributed by atoms with E-state index in [1.807, 2.05) is 11.4 Å². The quantitative estimate of drug-likeness (QED) is 0.725. The molecule has 0 bridgehead atoms. The highest BCUT2D eigenvalue weighted by atomic mass is 35.5. The van der Waals surface area contributed by atoms with Crippen LogP contribution in [-0.2, 0) is 6.42 Å². The van der Waals surface area contributed by atoms with E-state index in [2.05, 4.69) is 0 Å². The van der Waals surface area contributed by atoms with Gasteiger partial charge in [0.15, 0.2) is 0 Å². The standard InChI is InChI=1S/C10H5ClFNS/c11-8-4-10-7(3-9(8)12)6(1-2-13)5-14-10/h3-5H,1H2. The van der Waals surface area contributed by atoms with E-state index < -0.39 is 5.82 Å². The second-order valence-corrected chi connectivity index (χ2v) is 4.18. The zero-order valence-electron chi connectivity index (χ0n) is 7.05. The Kier molecular flexibility index (Phi) is 2.40. The molecule has 70 valence electrons. The van der Waals surface area contributed by atoms with Crippen molar-refractivity contribution in [3.8, 4) is 6.07 Å². The van der Waals surface area contributed by atoms with Crippen molar-refractivity contribution in [1.82, 2.24) is 0 Å². The highest BCUT2D eigenvalue weighted by Gasteiger charge is 2.07. The molecule has 0 spiro atoms. The van der Waals surface area contributed by atoms with Crippen LogP contribution in [0.15, 0.2) is 17.5 Å². The summed E-state index contributed by atoms with van der Waals surface area (Å²) >= 11 is 7.12. The fourth-order valence-electron chi connectivity index (χ4n) is 1.30. The maximum atomic E-state index is 13.1. The number of halogens is 2. The molecule has 0 N–H and O–H groups in total. The molecule has 14 heavy (non-hydrogen) atoms. The Labute approximate surface area is 89.3 Å². The zero-order valence-corrected chi connectivity index (χ0v) is 8.62. The molecule has 1 nitrogen and oxygen atoms in total. The summed E-state index contributed by atoms with van der Waals surface area (Å²) < 4.78 is 14.1. The minimum absolute atomic E-state index is 0.128. The van der Waals surface area contributed by atoms with Crippen LogP contribution >= 0.6 is 22.9 Å². The molecule has 1 aromatic heterocycles. The molecule has 4 heteroatoms. The molecule has 2 rings (SSSR count). The lowest BCUT2D eigenvalue weighted by molar-refractivity contribution is 0.630. The van der Waals surface area contributed by atoms with Gasteiger partial charge in [0, 0.05) is 4.70 Å². The molecule has 0 amide bonds. The Morgan fingerprint density at radius 1 is 1.50 bits per heavy atom. The van der Waals surface area contributed by atoms with Gasteiger partial charge >= 0.3 is 0 Å². The Morgan fingerprint density at radius 3 is 3.00 bits per heavy atom. The van der Waals surface area contributed by atoms with Crippen LogP contribution in [0.5, 0.6) is 0 Å². The van der Waals surface area contributed by atoms with Crippen LogP contribution in [-0.4, -0.2) is 0 Å². The Balaban J connectivity index is 2.69. The second kappa shape index (κ2) is 3.56. The van der Waals surface area contributed by atoms with Gasteiger partial charge < -0.3 is 0 Å². The maximum absolute atomic E-state index is 13.1. The summed E-state index contributed by atoms with van der Waals surface area (Å²) in [6.45, 7) is 0. The first kappa shape index (κ1) is 9.45. The monoisotopic (exact) mass is 225 g/mol. The minimum Gasteiger partial charge on any atom is -0.205 e. The summed E-state index contributed by atoms with van der Waals surface area (Å²) in [5.41, 5.74) is 0.864. The Hall–Kier alpha value is -1.11. The van der Waals surface area contributed by atoms with Crippen LogP contribution in [0.25, 0.3) is 10.1 Å². The molecule has 0 aliphatic rings. The van der Waals surface area contributed by atoms with Crippen molar-refractivity contribution in [3.05, 3.63) is 33.9 Å². The van der Waals surface area contributed by atoms with Crippen molar-refractivity contribution in [1.29, 1.82) is 5.26 Å². The summed E-state index contributed by atoms with van der Waals surface area (Å²) in [5, 5.41) is 11.3. The molecule has 0 saturated carbocycles. The highest BCUT2D eigenvalue weighted by Crippen LogP contribution is 2.30. The normalized spacial score (nSPS) is 10.4. The molecule has 2 aromatic rings. The van der Waals surface area contributed by atoms with Crippen molar-refractivity contribution in [2.24, 2.45) is 0 Å². The van der Waals surface area contributed by atoms with Gasteiger partial charge in [-0.25, -0.2) is 4.39 Å². The average molecular weight is 226 g/mol. The first-order valence-electron chi connectivity index (χ1n) is 3.94. The van der Waals surface area contributed by atoms with Gasteiger partial charge in [-0.15, -0.1) is 11.3 Å². The predicted molar refractivity (Wildman–Crippen MR) is 56.1 cm³/mol. The average Bonchev–Trinajstić information content (AvgIpc) is 2.51. The molecule has 0 unspecified atom stereocenters. The number of fused-ring (bicyclic) bond motifs is 1. The van der Waals surface area contributed by atoms with E-state index in [0.29, 0.717) is 6.42 Å². The summed E-state index contributed by atoms with van der Waals surface area (Å²) in [5.74, 6) is -0.434. The Bertz CT molecular complexity index is 527. The number of benzene rings is 1. The topological polar surface area (TPSA) is 23.8 Å². The van der Waals surface area contributed by atoms with Gasteiger partial charge in [0.25, 0.3) is 0 Å². The van der Waals surface area contributed by atoms with E-state index in [1.54, 1.807) is 6.07 Å². The van der Waals surface area contributed by atoms with Gasteiger partial charge in [0.1, 0.15) is 5.82 Å². The van der Waals surface area contributed by atoms with Gasteiger partial charge in [-0.2, -0.15) is 5.26 Å². The van der Waals surface area contributed by atoms with Crippen LogP contribution in [0.4, 0.5) is 4.39 Å². The number of rotatable bonds is 1. The predicted octanol–water partition coefficient (Wildman–Crippen LogP) is 3.76. The molecular weight excluding hydrogens is 221 g/mol. The van der Waals surface area contributed by atoms with Crippen molar-refractivity contribution < 1.29 is 4.39 Å². The summed E-state index contributed by atoms with van der Waals surface area (Å²) in [7, 11) is 0. The van der Waals surface area contributed by atoms with E-state index in [4.69, 9.17) is 16.9 Å². The minimum atomic E-state index is -0.434. The van der Waals surface area contributed by atoms with E-state index in [-0.39, 0.29) is 5.02 Å². The molecule has 0 fully saturated rings. The van der Waals surface area contributed by atoms with Crippen LogP contribution in [0.3, 0.4) is 0 Å². The number of hydrogen-bond donors (Lipinski definition) is 0. The summed E-state index contributed by atoms with van der Waals surface area (Å²) in [6, 6.07) is 5.03. The molecule has 0 aliphatic carbocycles. The fraction of sp³-hybridized carbons (Fsp3) is 0.100. The van der Waals surface area contributed by atoms with E-state index in [0.717, 1.165) is 15.6 Å². The van der Waals surface area contributed by atoms with Crippen molar-refractivity contribution in [2.45, 2.75) is 6.42 Å². The molecular formula is C10H5ClFNS. The lowest BCUT2D eigenvalue weighted by Gasteiger charge is -1.95. The molecule has 1 heterocycles. The first-order chi connectivity index (χ1) is 6.72. The van der Waals surface area contributed by atoms with E-state index in [9.17, 15) is 4.39 Å². The fourth-order valence-corrected chi connectivity index (χ4v) is 2.51. The van der Waals surface area contributed by atoms with Gasteiger partial charge in [-0.05, 0) is 28.5 Å². The lowest BCUT2D eigenvalue weighted by Crippen LogP contribution is -1.80. The SMILES string of the molecule is N#CCc1csc2cc(Cl)c(F)cc12. The smallest absolute Gasteiger partial charge is 0.142 e. The number of nitrogens with zero attached hydrogens (tertiary/aromatic N) is 1. The lowest BCUT2D eigenvalue weighted by atomic mass is 10.1. The number of thiophene rings is 1. The van der Waals surface area contributed by atoms with Gasteiger partial charge in [0.2, 0.25) is 0 Å². The van der Waals surface area contributed by atoms with Crippen LogP contribution in [0, 0.1) is 17.1 Å². The maximum Gasteiger partial charge on any atom is 0.142 e. The van der Waals surface area contributed by atoms with Crippen LogP contribution in [0.2, 0.25) is 5.02 Å². The number of hydrogen-bond acceptors (Lipinski definition) is 2. The molecule has 0 aliphatic heterocycles. The van der Waals surface area contributed by atoms with Gasteiger partial charge in [0.05, 0.1) is 17.5 Å². The van der Waals surface area contributed by atoms with Gasteiger partial charge in [-0.1, -0.05) is 11.6 Å².